The van der Waals surface area contributed by atoms with Crippen molar-refractivity contribution in [3.8, 4) is 0 Å². The molecule has 0 unspecified atom stereocenters. The van der Waals surface area contributed by atoms with Crippen LogP contribution < -0.4 is 5.32 Å². The molecule has 0 bridgehead atoms. The van der Waals surface area contributed by atoms with Crippen molar-refractivity contribution in [3.05, 3.63) is 24.3 Å². The van der Waals surface area contributed by atoms with Crippen molar-refractivity contribution in [2.75, 3.05) is 52.0 Å². The molecule has 0 aliphatic heterocycles. The van der Waals surface area contributed by atoms with Gasteiger partial charge in [-0.25, -0.2) is 0 Å². The maximum absolute atomic E-state index is 12.4. The number of rotatable bonds is 12. The molecule has 7 heteroatoms. The zero-order valence-corrected chi connectivity index (χ0v) is 12.8. The fourth-order valence-corrected chi connectivity index (χ4v) is 2.15. The maximum atomic E-state index is 12.4. The monoisotopic (exact) mass is 321 g/mol. The number of benzene rings is 1. The van der Waals surface area contributed by atoms with Crippen LogP contribution in [-0.4, -0.2) is 52.4 Å². The molecule has 1 rings (SSSR count). The molecular weight excluding hydrogens is 300 g/mol. The molecule has 120 valence electrons. The normalized spacial score (nSPS) is 11.0. The van der Waals surface area contributed by atoms with Crippen LogP contribution in [0, 0.1) is 0 Å². The third-order valence-corrected chi connectivity index (χ3v) is 3.26. The SMILES string of the molecule is COCCOCCOCCNc1ccccc1SC(F)F. The van der Waals surface area contributed by atoms with Gasteiger partial charge in [0, 0.05) is 24.2 Å². The molecule has 0 atom stereocenters. The summed E-state index contributed by atoms with van der Waals surface area (Å²) in [5, 5.41) is 3.09. The predicted octanol–water partition coefficient (Wildman–Crippen LogP) is 3.09. The molecule has 1 aromatic carbocycles. The number of hydrogen-bond acceptors (Lipinski definition) is 5. The van der Waals surface area contributed by atoms with Crippen molar-refractivity contribution < 1.29 is 23.0 Å². The number of ether oxygens (including phenoxy) is 3. The zero-order valence-electron chi connectivity index (χ0n) is 12.0. The molecule has 0 saturated carbocycles. The molecule has 0 aliphatic carbocycles. The summed E-state index contributed by atoms with van der Waals surface area (Å²) in [7, 11) is 1.62. The molecule has 1 aromatic rings. The summed E-state index contributed by atoms with van der Waals surface area (Å²) in [6.45, 7) is 3.18. The molecule has 0 radical (unpaired) electrons. The first-order valence-corrected chi connectivity index (χ1v) is 7.54. The lowest BCUT2D eigenvalue weighted by Gasteiger charge is -2.11. The highest BCUT2D eigenvalue weighted by atomic mass is 32.2. The van der Waals surface area contributed by atoms with E-state index >= 15 is 0 Å². The van der Waals surface area contributed by atoms with Gasteiger partial charge in [-0.15, -0.1) is 0 Å². The minimum absolute atomic E-state index is 0.487. The number of para-hydroxylation sites is 1. The Labute approximate surface area is 128 Å². The fraction of sp³-hybridized carbons (Fsp3) is 0.571. The summed E-state index contributed by atoms with van der Waals surface area (Å²) in [6.07, 6.45) is 0. The lowest BCUT2D eigenvalue weighted by Crippen LogP contribution is -2.14. The third kappa shape index (κ3) is 8.87. The quantitative estimate of drug-likeness (QED) is 0.473. The van der Waals surface area contributed by atoms with Crippen molar-refractivity contribution >= 4 is 17.4 Å². The van der Waals surface area contributed by atoms with Crippen LogP contribution in [0.2, 0.25) is 0 Å². The van der Waals surface area contributed by atoms with E-state index in [0.29, 0.717) is 61.9 Å². The second-order valence-electron chi connectivity index (χ2n) is 4.02. The van der Waals surface area contributed by atoms with Crippen molar-refractivity contribution in [2.45, 2.75) is 10.7 Å². The highest BCUT2D eigenvalue weighted by Gasteiger charge is 2.08. The van der Waals surface area contributed by atoms with Gasteiger partial charge in [0.05, 0.1) is 33.0 Å². The molecule has 21 heavy (non-hydrogen) atoms. The van der Waals surface area contributed by atoms with E-state index in [1.807, 2.05) is 6.07 Å². The molecule has 4 nitrogen and oxygen atoms in total. The number of anilines is 1. The summed E-state index contributed by atoms with van der Waals surface area (Å²) in [5.74, 6) is -2.42. The first kappa shape index (κ1) is 18.2. The molecule has 0 saturated heterocycles. The molecule has 1 N–H and O–H groups in total. The maximum Gasteiger partial charge on any atom is 0.288 e. The van der Waals surface area contributed by atoms with E-state index in [-0.39, 0.29) is 0 Å². The third-order valence-electron chi connectivity index (χ3n) is 2.47. The van der Waals surface area contributed by atoms with Crippen LogP contribution in [0.5, 0.6) is 0 Å². The Bertz CT molecular complexity index is 383. The van der Waals surface area contributed by atoms with Gasteiger partial charge in [-0.3, -0.25) is 0 Å². The molecular formula is C14H21F2NO3S. The standard InChI is InChI=1S/C14H21F2NO3S/c1-18-8-9-20-11-10-19-7-6-17-12-4-2-3-5-13(12)21-14(15)16/h2-5,14,17H,6-11H2,1H3. The van der Waals surface area contributed by atoms with Gasteiger partial charge >= 0.3 is 0 Å². The largest absolute Gasteiger partial charge is 0.382 e. The van der Waals surface area contributed by atoms with Gasteiger partial charge in [0.2, 0.25) is 0 Å². The molecule has 0 aliphatic rings. The summed E-state index contributed by atoms with van der Waals surface area (Å²) < 4.78 is 40.3. The Morgan fingerprint density at radius 1 is 1.05 bits per heavy atom. The number of hydrogen-bond donors (Lipinski definition) is 1. The van der Waals surface area contributed by atoms with E-state index in [2.05, 4.69) is 5.32 Å². The van der Waals surface area contributed by atoms with E-state index in [4.69, 9.17) is 14.2 Å². The number of nitrogens with one attached hydrogen (secondary N) is 1. The topological polar surface area (TPSA) is 39.7 Å². The van der Waals surface area contributed by atoms with Crippen molar-refractivity contribution in [1.82, 2.24) is 0 Å². The minimum Gasteiger partial charge on any atom is -0.382 e. The Hall–Kier alpha value is -0.890. The van der Waals surface area contributed by atoms with Crippen molar-refractivity contribution in [3.63, 3.8) is 0 Å². The molecule has 0 amide bonds. The Balaban J connectivity index is 2.12. The van der Waals surface area contributed by atoms with E-state index in [1.54, 1.807) is 25.3 Å². The lowest BCUT2D eigenvalue weighted by molar-refractivity contribution is 0.0272. The van der Waals surface area contributed by atoms with E-state index < -0.39 is 5.76 Å². The van der Waals surface area contributed by atoms with Crippen LogP contribution >= 0.6 is 11.8 Å². The highest BCUT2D eigenvalue weighted by Crippen LogP contribution is 2.31. The molecule has 0 heterocycles. The average molecular weight is 321 g/mol. The van der Waals surface area contributed by atoms with Crippen LogP contribution in [-0.2, 0) is 14.2 Å². The number of thioether (sulfide) groups is 1. The van der Waals surface area contributed by atoms with Gasteiger partial charge in [0.25, 0.3) is 5.76 Å². The van der Waals surface area contributed by atoms with Gasteiger partial charge in [-0.2, -0.15) is 8.78 Å². The molecule has 0 aromatic heterocycles. The lowest BCUT2D eigenvalue weighted by atomic mass is 10.3. The Kier molecular flexibility index (Phi) is 10.1. The number of halogens is 2. The summed E-state index contributed by atoms with van der Waals surface area (Å²) in [5.41, 5.74) is 0.697. The minimum atomic E-state index is -2.42. The Morgan fingerprint density at radius 3 is 2.43 bits per heavy atom. The van der Waals surface area contributed by atoms with E-state index in [0.717, 1.165) is 0 Å². The van der Waals surface area contributed by atoms with Gasteiger partial charge in [-0.05, 0) is 12.1 Å². The van der Waals surface area contributed by atoms with Gasteiger partial charge in [0.1, 0.15) is 0 Å². The summed E-state index contributed by atoms with van der Waals surface area (Å²) in [6, 6.07) is 6.99. The average Bonchev–Trinajstić information content (AvgIpc) is 2.46. The Morgan fingerprint density at radius 2 is 1.71 bits per heavy atom. The van der Waals surface area contributed by atoms with Crippen LogP contribution in [0.4, 0.5) is 14.5 Å². The predicted molar refractivity (Wildman–Crippen MR) is 80.3 cm³/mol. The first-order chi connectivity index (χ1) is 10.2. The van der Waals surface area contributed by atoms with E-state index in [1.165, 1.54) is 0 Å². The van der Waals surface area contributed by atoms with Crippen molar-refractivity contribution in [2.24, 2.45) is 0 Å². The van der Waals surface area contributed by atoms with Gasteiger partial charge < -0.3 is 19.5 Å². The number of alkyl halides is 2. The second kappa shape index (κ2) is 11.7. The zero-order chi connectivity index (χ0) is 15.3. The fourth-order valence-electron chi connectivity index (χ4n) is 1.53. The second-order valence-corrected chi connectivity index (χ2v) is 5.05. The van der Waals surface area contributed by atoms with Crippen LogP contribution in [0.25, 0.3) is 0 Å². The van der Waals surface area contributed by atoms with Gasteiger partial charge in [-0.1, -0.05) is 23.9 Å². The highest BCUT2D eigenvalue weighted by molar-refractivity contribution is 7.99. The summed E-state index contributed by atoms with van der Waals surface area (Å²) >= 11 is 0.536. The molecule has 0 spiro atoms. The number of methoxy groups -OCH3 is 1. The van der Waals surface area contributed by atoms with Crippen LogP contribution in [0.3, 0.4) is 0 Å². The van der Waals surface area contributed by atoms with E-state index in [9.17, 15) is 8.78 Å². The molecule has 0 fully saturated rings. The van der Waals surface area contributed by atoms with Gasteiger partial charge in [0.15, 0.2) is 0 Å². The smallest absolute Gasteiger partial charge is 0.288 e. The van der Waals surface area contributed by atoms with Crippen molar-refractivity contribution in [1.29, 1.82) is 0 Å². The van der Waals surface area contributed by atoms with Crippen LogP contribution in [0.15, 0.2) is 29.2 Å². The van der Waals surface area contributed by atoms with Crippen LogP contribution in [0.1, 0.15) is 0 Å². The summed E-state index contributed by atoms with van der Waals surface area (Å²) in [4.78, 5) is 0.537. The first-order valence-electron chi connectivity index (χ1n) is 6.66.